The number of nitrogens with one attached hydrogen (secondary N) is 2. The van der Waals surface area contributed by atoms with Crippen molar-refractivity contribution in [2.24, 2.45) is 17.3 Å². The first-order valence-electron chi connectivity index (χ1n) is 21.3. The second kappa shape index (κ2) is 19.9. The molecular weight excluding hydrogens is 865 g/mol. The lowest BCUT2D eigenvalue weighted by Crippen LogP contribution is -2.58. The van der Waals surface area contributed by atoms with E-state index < -0.39 is 60.1 Å². The summed E-state index contributed by atoms with van der Waals surface area (Å²) in [6, 6.07) is 22.2. The van der Waals surface area contributed by atoms with Gasteiger partial charge < -0.3 is 29.6 Å². The molecule has 4 fully saturated rings. The first-order valence-corrected chi connectivity index (χ1v) is 22.1. The maximum absolute atomic E-state index is 14.1. The number of amides is 2. The number of ketones is 2. The number of aryl methyl sites for hydroxylation is 1. The van der Waals surface area contributed by atoms with E-state index in [-0.39, 0.29) is 51.5 Å². The quantitative estimate of drug-likeness (QED) is 0.0555. The van der Waals surface area contributed by atoms with Gasteiger partial charge >= 0.3 is 23.9 Å². The van der Waals surface area contributed by atoms with Crippen LogP contribution in [0.1, 0.15) is 106 Å². The largest absolute Gasteiger partial charge is 0.462 e. The van der Waals surface area contributed by atoms with Gasteiger partial charge in [0.1, 0.15) is 5.60 Å². The third-order valence-corrected chi connectivity index (χ3v) is 13.1. The minimum absolute atomic E-state index is 0.0379. The summed E-state index contributed by atoms with van der Waals surface area (Å²) >= 11 is 1.10. The van der Waals surface area contributed by atoms with Crippen LogP contribution in [0, 0.1) is 24.2 Å². The van der Waals surface area contributed by atoms with Gasteiger partial charge in [-0.05, 0) is 136 Å². The van der Waals surface area contributed by atoms with E-state index in [1.165, 1.54) is 43.4 Å². The molecule has 4 aliphatic rings. The van der Waals surface area contributed by atoms with Crippen LogP contribution in [0.4, 0.5) is 5.69 Å². The van der Waals surface area contributed by atoms with Gasteiger partial charge in [0, 0.05) is 27.9 Å². The molecule has 2 amide bonds. The molecule has 340 valence electrons. The molecule has 4 saturated carbocycles. The van der Waals surface area contributed by atoms with Crippen LogP contribution in [0.2, 0.25) is 0 Å². The van der Waals surface area contributed by atoms with Crippen LogP contribution in [0.3, 0.4) is 0 Å². The van der Waals surface area contributed by atoms with E-state index >= 15 is 0 Å². The van der Waals surface area contributed by atoms with Crippen molar-refractivity contribution in [2.75, 3.05) is 32.2 Å². The van der Waals surface area contributed by atoms with Crippen LogP contribution >= 0.6 is 11.8 Å². The van der Waals surface area contributed by atoms with Gasteiger partial charge in [0.2, 0.25) is 0 Å². The fraction of sp³-hybridized carbons (Fsp3) is 0.294. The van der Waals surface area contributed by atoms with Gasteiger partial charge in [0.15, 0.2) is 24.8 Å². The highest BCUT2D eigenvalue weighted by Gasteiger charge is 2.60. The lowest BCUT2D eigenvalue weighted by atomic mass is 9.48. The molecule has 4 aliphatic carbocycles. The zero-order chi connectivity index (χ0) is 47.2. The van der Waals surface area contributed by atoms with Crippen molar-refractivity contribution in [1.29, 1.82) is 0 Å². The molecule has 0 heterocycles. The molecule has 14 nitrogen and oxygen atoms in total. The average Bonchev–Trinajstić information content (AvgIpc) is 3.30. The summed E-state index contributed by atoms with van der Waals surface area (Å²) in [5, 5.41) is 5.25. The number of rotatable bonds is 18. The molecule has 0 saturated heterocycles. The Morgan fingerprint density at radius 2 is 1.23 bits per heavy atom. The van der Waals surface area contributed by atoms with Crippen molar-refractivity contribution < 1.29 is 57.3 Å². The Kier molecular flexibility index (Phi) is 14.2. The number of ether oxygens (including phenoxy) is 4. The SMILES string of the molecule is C=CC(=O)COC(=O)c1ccc(Sc2ccc(C(=O)OCC(=O)C=C)c(C(=O)Nc3cccc(C(=O)OC45CC6CC(CC(COC(=O)c7ccc(C)cc7)(C6)C4)C5)c3)c2)cc1C(=O)NC. The minimum atomic E-state index is -0.956. The predicted octanol–water partition coefficient (Wildman–Crippen LogP) is 7.93. The fourth-order valence-corrected chi connectivity index (χ4v) is 10.4. The van der Waals surface area contributed by atoms with E-state index in [1.807, 2.05) is 19.1 Å². The lowest BCUT2D eigenvalue weighted by Gasteiger charge is -2.60. The van der Waals surface area contributed by atoms with Gasteiger partial charge in [-0.15, -0.1) is 0 Å². The molecule has 0 radical (unpaired) electrons. The number of carbonyl (C=O) groups excluding carboxylic acids is 8. The van der Waals surface area contributed by atoms with Crippen LogP contribution in [0.15, 0.2) is 120 Å². The first kappa shape index (κ1) is 46.9. The molecule has 0 spiro atoms. The van der Waals surface area contributed by atoms with Crippen molar-refractivity contribution in [3.63, 3.8) is 0 Å². The van der Waals surface area contributed by atoms with Crippen LogP contribution < -0.4 is 10.6 Å². The van der Waals surface area contributed by atoms with Crippen LogP contribution in [0.5, 0.6) is 0 Å². The number of hydrogen-bond donors (Lipinski definition) is 2. The van der Waals surface area contributed by atoms with Crippen molar-refractivity contribution in [2.45, 2.75) is 60.8 Å². The Hall–Kier alpha value is -7.13. The maximum Gasteiger partial charge on any atom is 0.339 e. The van der Waals surface area contributed by atoms with Gasteiger partial charge in [0.05, 0.1) is 40.0 Å². The second-order valence-corrected chi connectivity index (χ2v) is 18.2. The molecule has 0 aliphatic heterocycles. The first-order chi connectivity index (χ1) is 31.6. The molecule has 4 aromatic carbocycles. The number of carbonyl (C=O) groups is 8. The van der Waals surface area contributed by atoms with E-state index in [2.05, 4.69) is 23.8 Å². The van der Waals surface area contributed by atoms with Crippen molar-refractivity contribution in [3.8, 4) is 0 Å². The Labute approximate surface area is 385 Å². The van der Waals surface area contributed by atoms with E-state index in [1.54, 1.807) is 36.4 Å². The molecule has 2 unspecified atom stereocenters. The molecule has 4 aromatic rings. The molecule has 0 aromatic heterocycles. The summed E-state index contributed by atoms with van der Waals surface area (Å²) in [6.45, 7) is 7.77. The van der Waals surface area contributed by atoms with Gasteiger partial charge in [0.25, 0.3) is 11.8 Å². The highest BCUT2D eigenvalue weighted by atomic mass is 32.2. The Bertz CT molecular complexity index is 2640. The Morgan fingerprint density at radius 1 is 0.652 bits per heavy atom. The zero-order valence-corrected chi connectivity index (χ0v) is 37.3. The third-order valence-electron chi connectivity index (χ3n) is 12.1. The second-order valence-electron chi connectivity index (χ2n) is 17.1. The summed E-state index contributed by atoms with van der Waals surface area (Å²) in [5.74, 6) is -4.56. The van der Waals surface area contributed by atoms with Crippen LogP contribution in [-0.4, -0.2) is 79.7 Å². The summed E-state index contributed by atoms with van der Waals surface area (Å²) in [7, 11) is 1.39. The van der Waals surface area contributed by atoms with Crippen LogP contribution in [-0.2, 0) is 28.5 Å². The summed E-state index contributed by atoms with van der Waals surface area (Å²) in [6.07, 6.45) is 6.84. The predicted molar refractivity (Wildman–Crippen MR) is 242 cm³/mol. The van der Waals surface area contributed by atoms with E-state index in [9.17, 15) is 38.4 Å². The molecule has 66 heavy (non-hydrogen) atoms. The fourth-order valence-electron chi connectivity index (χ4n) is 9.55. The highest BCUT2D eigenvalue weighted by molar-refractivity contribution is 7.99. The minimum Gasteiger partial charge on any atom is -0.462 e. The molecule has 2 atom stereocenters. The van der Waals surface area contributed by atoms with E-state index in [4.69, 9.17) is 18.9 Å². The maximum atomic E-state index is 14.1. The number of esters is 4. The lowest BCUT2D eigenvalue weighted by molar-refractivity contribution is -0.177. The van der Waals surface area contributed by atoms with E-state index in [0.29, 0.717) is 46.5 Å². The monoisotopic (exact) mass is 912 g/mol. The van der Waals surface area contributed by atoms with E-state index in [0.717, 1.165) is 48.7 Å². The van der Waals surface area contributed by atoms with Crippen LogP contribution in [0.25, 0.3) is 0 Å². The smallest absolute Gasteiger partial charge is 0.339 e. The van der Waals surface area contributed by atoms with Crippen molar-refractivity contribution in [1.82, 2.24) is 5.32 Å². The summed E-state index contributed by atoms with van der Waals surface area (Å²) in [4.78, 5) is 104. The standard InChI is InChI=1S/C51H48N2O12S/c1-5-36(54)26-62-48(60)40-16-14-38(20-42(40)44(56)52-4)66-39-15-17-41(49(61)63-27-37(55)6-2)43(21-39)45(57)53-35-9-7-8-34(19-35)47(59)65-51-24-31-18-32(25-51)23-50(22-31,28-51)29-64-46(58)33-12-10-30(3)11-13-33/h5-17,19-21,31-32H,1-2,18,22-29H2,3-4H3,(H,52,56)(H,53,57). The van der Waals surface area contributed by atoms with Gasteiger partial charge in [-0.1, -0.05) is 48.7 Å². The number of hydrogen-bond acceptors (Lipinski definition) is 13. The van der Waals surface area contributed by atoms with Gasteiger partial charge in [-0.2, -0.15) is 0 Å². The molecule has 15 heteroatoms. The van der Waals surface area contributed by atoms with Crippen molar-refractivity contribution in [3.05, 3.63) is 149 Å². The number of benzene rings is 4. The molecule has 4 bridgehead atoms. The Balaban J connectivity index is 1.08. The summed E-state index contributed by atoms with van der Waals surface area (Å²) in [5.41, 5.74) is 0.498. The third kappa shape index (κ3) is 10.9. The molecule has 2 N–H and O–H groups in total. The van der Waals surface area contributed by atoms with Gasteiger partial charge in [-0.25, -0.2) is 19.2 Å². The average molecular weight is 913 g/mol. The zero-order valence-electron chi connectivity index (χ0n) is 36.5. The summed E-state index contributed by atoms with van der Waals surface area (Å²) < 4.78 is 22.5. The molecular formula is C51H48N2O12S. The molecule has 8 rings (SSSR count). The van der Waals surface area contributed by atoms with Gasteiger partial charge in [-0.3, -0.25) is 19.2 Å². The topological polar surface area (TPSA) is 198 Å². The normalized spacial score (nSPS) is 20.0. The number of anilines is 1. The van der Waals surface area contributed by atoms with Crippen molar-refractivity contribution >= 4 is 64.7 Å². The Morgan fingerprint density at radius 3 is 1.79 bits per heavy atom. The highest BCUT2D eigenvalue weighted by Crippen LogP contribution is 2.63.